The summed E-state index contributed by atoms with van der Waals surface area (Å²) in [6.07, 6.45) is 3.21. The number of aliphatic hydroxyl groups is 1. The molecule has 3 rings (SSSR count). The van der Waals surface area contributed by atoms with Crippen LogP contribution in [0, 0.1) is 0 Å². The van der Waals surface area contributed by atoms with Gasteiger partial charge in [-0.05, 0) is 12.1 Å². The molecule has 0 aliphatic carbocycles. The Hall–Kier alpha value is -1.70. The van der Waals surface area contributed by atoms with Crippen molar-refractivity contribution in [3.8, 4) is 10.8 Å². The molecule has 3 heterocycles. The first-order valence-electron chi connectivity index (χ1n) is 6.90. The first kappa shape index (κ1) is 14.2. The minimum atomic E-state index is 0.0222. The molecule has 1 aliphatic rings. The number of aromatic nitrogens is 1. The largest absolute Gasteiger partial charge is 0.462 e. The number of furan rings is 1. The number of piperazine rings is 1. The number of β-amino-alcohol motifs (C(OH)–C–C–N with tert-alkyl or cyclic N) is 1. The van der Waals surface area contributed by atoms with E-state index in [0.717, 1.165) is 18.1 Å². The number of thiazole rings is 1. The molecule has 1 aliphatic heterocycles. The Bertz CT molecular complexity index is 588. The summed E-state index contributed by atoms with van der Waals surface area (Å²) in [7, 11) is 0. The summed E-state index contributed by atoms with van der Waals surface area (Å²) >= 11 is 1.35. The minimum Gasteiger partial charge on any atom is -0.462 e. The molecule has 1 saturated heterocycles. The molecule has 1 amide bonds. The Morgan fingerprint density at radius 3 is 2.86 bits per heavy atom. The number of carbonyl (C=O) groups is 1. The van der Waals surface area contributed by atoms with Crippen molar-refractivity contribution in [2.45, 2.75) is 0 Å². The summed E-state index contributed by atoms with van der Waals surface area (Å²) < 4.78 is 5.29. The zero-order valence-electron chi connectivity index (χ0n) is 11.6. The fraction of sp³-hybridized carbons (Fsp3) is 0.429. The smallest absolute Gasteiger partial charge is 0.265 e. The van der Waals surface area contributed by atoms with Crippen LogP contribution in [0.15, 0.2) is 29.0 Å². The summed E-state index contributed by atoms with van der Waals surface area (Å²) in [6.45, 7) is 3.81. The molecule has 0 atom stereocenters. The van der Waals surface area contributed by atoms with Crippen LogP contribution in [-0.2, 0) is 0 Å². The van der Waals surface area contributed by atoms with E-state index in [1.807, 2.05) is 11.0 Å². The van der Waals surface area contributed by atoms with Gasteiger partial charge < -0.3 is 14.4 Å². The zero-order valence-corrected chi connectivity index (χ0v) is 12.4. The number of hydrogen-bond acceptors (Lipinski definition) is 6. The third-order valence-electron chi connectivity index (χ3n) is 3.52. The van der Waals surface area contributed by atoms with Crippen LogP contribution in [-0.4, -0.2) is 65.1 Å². The Balaban J connectivity index is 1.64. The molecular formula is C14H17N3O3S. The van der Waals surface area contributed by atoms with Crippen molar-refractivity contribution in [2.75, 3.05) is 39.3 Å². The zero-order chi connectivity index (χ0) is 14.7. The lowest BCUT2D eigenvalue weighted by Crippen LogP contribution is -2.49. The monoisotopic (exact) mass is 307 g/mol. The molecule has 1 fully saturated rings. The maximum Gasteiger partial charge on any atom is 0.265 e. The summed E-state index contributed by atoms with van der Waals surface area (Å²) in [5.74, 6) is 0.709. The molecule has 0 saturated carbocycles. The normalized spacial score (nSPS) is 16.3. The van der Waals surface area contributed by atoms with Gasteiger partial charge in [0.1, 0.15) is 4.88 Å². The first-order valence-corrected chi connectivity index (χ1v) is 7.72. The van der Waals surface area contributed by atoms with E-state index >= 15 is 0 Å². The molecular weight excluding hydrogens is 290 g/mol. The lowest BCUT2D eigenvalue weighted by Gasteiger charge is -2.34. The predicted molar refractivity (Wildman–Crippen MR) is 79.2 cm³/mol. The molecule has 6 nitrogen and oxygen atoms in total. The van der Waals surface area contributed by atoms with Gasteiger partial charge in [0.15, 0.2) is 10.8 Å². The van der Waals surface area contributed by atoms with Gasteiger partial charge in [-0.25, -0.2) is 4.98 Å². The van der Waals surface area contributed by atoms with Crippen molar-refractivity contribution in [3.05, 3.63) is 29.5 Å². The van der Waals surface area contributed by atoms with Crippen molar-refractivity contribution in [1.29, 1.82) is 0 Å². The molecule has 0 radical (unpaired) electrons. The first-order chi connectivity index (χ1) is 10.3. The average molecular weight is 307 g/mol. The summed E-state index contributed by atoms with van der Waals surface area (Å²) in [5, 5.41) is 9.65. The summed E-state index contributed by atoms with van der Waals surface area (Å²) in [5.41, 5.74) is 0. The van der Waals surface area contributed by atoms with Crippen LogP contribution in [0.3, 0.4) is 0 Å². The molecule has 2 aromatic rings. The number of rotatable bonds is 4. The standard InChI is InChI=1S/C14H17N3O3S/c18-8-7-16-3-5-17(6-4-16)14(19)12-10-15-13(21-12)11-2-1-9-20-11/h1-2,9-10,18H,3-8H2. The Labute approximate surface area is 126 Å². The van der Waals surface area contributed by atoms with Crippen LogP contribution in [0.2, 0.25) is 0 Å². The lowest BCUT2D eigenvalue weighted by molar-refractivity contribution is 0.0619. The van der Waals surface area contributed by atoms with E-state index in [4.69, 9.17) is 9.52 Å². The van der Waals surface area contributed by atoms with E-state index in [-0.39, 0.29) is 12.5 Å². The fourth-order valence-electron chi connectivity index (χ4n) is 2.36. The Morgan fingerprint density at radius 2 is 2.19 bits per heavy atom. The van der Waals surface area contributed by atoms with Gasteiger partial charge in [-0.2, -0.15) is 0 Å². The SMILES string of the molecule is O=C(c1cnc(-c2ccco2)s1)N1CCN(CCO)CC1. The topological polar surface area (TPSA) is 69.8 Å². The lowest BCUT2D eigenvalue weighted by atomic mass is 10.3. The molecule has 112 valence electrons. The van der Waals surface area contributed by atoms with Gasteiger partial charge in [0.05, 0.1) is 19.1 Å². The third-order valence-corrected chi connectivity index (χ3v) is 4.52. The van der Waals surface area contributed by atoms with Crippen molar-refractivity contribution >= 4 is 17.2 Å². The van der Waals surface area contributed by atoms with Gasteiger partial charge in [-0.1, -0.05) is 0 Å². The second kappa shape index (κ2) is 6.38. The number of aliphatic hydroxyl groups excluding tert-OH is 1. The van der Waals surface area contributed by atoms with E-state index in [9.17, 15) is 4.79 Å². The summed E-state index contributed by atoms with van der Waals surface area (Å²) in [4.78, 5) is 21.3. The van der Waals surface area contributed by atoms with Crippen LogP contribution in [0.1, 0.15) is 9.67 Å². The van der Waals surface area contributed by atoms with E-state index < -0.39 is 0 Å². The fourth-order valence-corrected chi connectivity index (χ4v) is 3.21. The molecule has 0 aromatic carbocycles. The van der Waals surface area contributed by atoms with E-state index in [1.54, 1.807) is 18.5 Å². The van der Waals surface area contributed by atoms with Gasteiger partial charge in [-0.3, -0.25) is 9.69 Å². The Morgan fingerprint density at radius 1 is 1.38 bits per heavy atom. The second-order valence-electron chi connectivity index (χ2n) is 4.86. The maximum atomic E-state index is 12.4. The quantitative estimate of drug-likeness (QED) is 0.917. The predicted octanol–water partition coefficient (Wildman–Crippen LogP) is 1.15. The second-order valence-corrected chi connectivity index (χ2v) is 5.90. The molecule has 2 aromatic heterocycles. The molecule has 0 bridgehead atoms. The van der Waals surface area contributed by atoms with Crippen molar-refractivity contribution in [1.82, 2.24) is 14.8 Å². The number of nitrogens with zero attached hydrogens (tertiary/aromatic N) is 3. The van der Waals surface area contributed by atoms with Crippen LogP contribution in [0.25, 0.3) is 10.8 Å². The van der Waals surface area contributed by atoms with E-state index in [0.29, 0.717) is 30.3 Å². The average Bonchev–Trinajstić information content (AvgIpc) is 3.19. The summed E-state index contributed by atoms with van der Waals surface area (Å²) in [6, 6.07) is 3.64. The molecule has 0 spiro atoms. The molecule has 21 heavy (non-hydrogen) atoms. The van der Waals surface area contributed by atoms with Crippen LogP contribution in [0.5, 0.6) is 0 Å². The van der Waals surface area contributed by atoms with Gasteiger partial charge in [-0.15, -0.1) is 11.3 Å². The van der Waals surface area contributed by atoms with Crippen LogP contribution >= 0.6 is 11.3 Å². The highest BCUT2D eigenvalue weighted by molar-refractivity contribution is 7.16. The van der Waals surface area contributed by atoms with Gasteiger partial charge in [0.2, 0.25) is 0 Å². The maximum absolute atomic E-state index is 12.4. The third kappa shape index (κ3) is 3.15. The Kier molecular flexibility index (Phi) is 4.33. The van der Waals surface area contributed by atoms with E-state index in [2.05, 4.69) is 9.88 Å². The molecule has 0 unspecified atom stereocenters. The minimum absolute atomic E-state index is 0.0222. The highest BCUT2D eigenvalue weighted by Gasteiger charge is 2.23. The molecule has 7 heteroatoms. The highest BCUT2D eigenvalue weighted by Crippen LogP contribution is 2.26. The van der Waals surface area contributed by atoms with Gasteiger partial charge >= 0.3 is 0 Å². The van der Waals surface area contributed by atoms with Crippen molar-refractivity contribution in [3.63, 3.8) is 0 Å². The van der Waals surface area contributed by atoms with Crippen LogP contribution < -0.4 is 0 Å². The van der Waals surface area contributed by atoms with Crippen molar-refractivity contribution in [2.24, 2.45) is 0 Å². The number of hydrogen-bond donors (Lipinski definition) is 1. The number of carbonyl (C=O) groups excluding carboxylic acids is 1. The van der Waals surface area contributed by atoms with Gasteiger partial charge in [0, 0.05) is 32.7 Å². The van der Waals surface area contributed by atoms with E-state index in [1.165, 1.54) is 11.3 Å². The molecule has 1 N–H and O–H groups in total. The van der Waals surface area contributed by atoms with Crippen LogP contribution in [0.4, 0.5) is 0 Å². The van der Waals surface area contributed by atoms with Gasteiger partial charge in [0.25, 0.3) is 5.91 Å². The number of amides is 1. The highest BCUT2D eigenvalue weighted by atomic mass is 32.1. The van der Waals surface area contributed by atoms with Crippen molar-refractivity contribution < 1.29 is 14.3 Å².